The molecule has 0 atom stereocenters. The first-order chi connectivity index (χ1) is 15.2. The lowest BCUT2D eigenvalue weighted by Gasteiger charge is -2.31. The first-order valence-corrected chi connectivity index (χ1v) is 11.2. The molecule has 4 nitrogen and oxygen atoms in total. The third-order valence-corrected chi connectivity index (χ3v) is 5.95. The molecule has 0 bridgehead atoms. The van der Waals surface area contributed by atoms with E-state index in [0.717, 1.165) is 56.2 Å². The molecule has 1 saturated heterocycles. The number of anilines is 2. The van der Waals surface area contributed by atoms with E-state index in [0.29, 0.717) is 6.54 Å². The van der Waals surface area contributed by atoms with Gasteiger partial charge in [-0.05, 0) is 73.7 Å². The summed E-state index contributed by atoms with van der Waals surface area (Å²) in [6.45, 7) is 3.24. The lowest BCUT2D eigenvalue weighted by Crippen LogP contribution is -2.39. The molecule has 3 aromatic rings. The number of benzene rings is 3. The highest BCUT2D eigenvalue weighted by molar-refractivity contribution is 5.92. The molecule has 4 rings (SSSR count). The van der Waals surface area contributed by atoms with E-state index in [4.69, 9.17) is 0 Å². The van der Waals surface area contributed by atoms with E-state index in [1.165, 1.54) is 11.1 Å². The van der Waals surface area contributed by atoms with Crippen molar-refractivity contribution in [3.05, 3.63) is 96.1 Å². The van der Waals surface area contributed by atoms with Crippen molar-refractivity contribution in [3.63, 3.8) is 0 Å². The number of amides is 1. The van der Waals surface area contributed by atoms with E-state index in [2.05, 4.69) is 58.0 Å². The second-order valence-corrected chi connectivity index (χ2v) is 8.37. The van der Waals surface area contributed by atoms with E-state index in [1.54, 1.807) is 0 Å². The third-order valence-electron chi connectivity index (χ3n) is 5.95. The van der Waals surface area contributed by atoms with Crippen molar-refractivity contribution in [2.24, 2.45) is 5.92 Å². The van der Waals surface area contributed by atoms with Crippen molar-refractivity contribution in [2.45, 2.75) is 25.8 Å². The highest BCUT2D eigenvalue weighted by Crippen LogP contribution is 2.22. The first-order valence-electron chi connectivity index (χ1n) is 11.2. The Balaban J connectivity index is 1.18. The van der Waals surface area contributed by atoms with Gasteiger partial charge in [-0.25, -0.2) is 0 Å². The largest absolute Gasteiger partial charge is 0.381 e. The Morgan fingerprint density at radius 3 is 2.00 bits per heavy atom. The standard InChI is InChI=1S/C27H31N3O/c31-27(21-30-17-15-23(16-18-30)19-22-7-3-1-4-8-22)29-26-13-11-25(12-14-26)28-20-24-9-5-2-6-10-24/h1-14,23,28H,15-21H2,(H,29,31). The topological polar surface area (TPSA) is 44.4 Å². The molecule has 0 saturated carbocycles. The summed E-state index contributed by atoms with van der Waals surface area (Å²) < 4.78 is 0. The second-order valence-electron chi connectivity index (χ2n) is 8.37. The Morgan fingerprint density at radius 2 is 1.35 bits per heavy atom. The fourth-order valence-electron chi connectivity index (χ4n) is 4.17. The van der Waals surface area contributed by atoms with Crippen molar-refractivity contribution in [2.75, 3.05) is 30.3 Å². The maximum Gasteiger partial charge on any atom is 0.238 e. The Morgan fingerprint density at radius 1 is 0.774 bits per heavy atom. The number of hydrogen-bond acceptors (Lipinski definition) is 3. The van der Waals surface area contributed by atoms with Crippen molar-refractivity contribution >= 4 is 17.3 Å². The van der Waals surface area contributed by atoms with Crippen LogP contribution in [0.15, 0.2) is 84.9 Å². The lowest BCUT2D eigenvalue weighted by molar-refractivity contribution is -0.117. The number of nitrogens with one attached hydrogen (secondary N) is 2. The van der Waals surface area contributed by atoms with Crippen LogP contribution in [0.2, 0.25) is 0 Å². The number of rotatable bonds is 8. The van der Waals surface area contributed by atoms with Crippen LogP contribution in [0.1, 0.15) is 24.0 Å². The van der Waals surface area contributed by atoms with Crippen LogP contribution in [-0.2, 0) is 17.8 Å². The normalized spacial score (nSPS) is 14.8. The number of likely N-dealkylation sites (tertiary alicyclic amines) is 1. The van der Waals surface area contributed by atoms with Crippen LogP contribution in [0.3, 0.4) is 0 Å². The fourth-order valence-corrected chi connectivity index (χ4v) is 4.17. The van der Waals surface area contributed by atoms with Crippen LogP contribution in [0.25, 0.3) is 0 Å². The summed E-state index contributed by atoms with van der Waals surface area (Å²) in [5.74, 6) is 0.782. The van der Waals surface area contributed by atoms with E-state index >= 15 is 0 Å². The van der Waals surface area contributed by atoms with Gasteiger partial charge in [-0.15, -0.1) is 0 Å². The molecule has 1 aliphatic rings. The fraction of sp³-hybridized carbons (Fsp3) is 0.296. The molecule has 0 aliphatic carbocycles. The molecule has 0 aromatic heterocycles. The molecule has 4 heteroatoms. The predicted octanol–water partition coefficient (Wildman–Crippen LogP) is 5.19. The minimum Gasteiger partial charge on any atom is -0.381 e. The van der Waals surface area contributed by atoms with Crippen LogP contribution in [0, 0.1) is 5.92 Å². The Hall–Kier alpha value is -3.11. The van der Waals surface area contributed by atoms with Gasteiger partial charge in [0.1, 0.15) is 0 Å². The zero-order chi connectivity index (χ0) is 21.3. The van der Waals surface area contributed by atoms with Crippen LogP contribution < -0.4 is 10.6 Å². The quantitative estimate of drug-likeness (QED) is 0.534. The number of carbonyl (C=O) groups excluding carboxylic acids is 1. The van der Waals surface area contributed by atoms with E-state index < -0.39 is 0 Å². The van der Waals surface area contributed by atoms with Gasteiger partial charge in [-0.2, -0.15) is 0 Å². The number of hydrogen-bond donors (Lipinski definition) is 2. The molecule has 160 valence electrons. The van der Waals surface area contributed by atoms with Crippen molar-refractivity contribution in [3.8, 4) is 0 Å². The summed E-state index contributed by atoms with van der Waals surface area (Å²) in [5.41, 5.74) is 4.55. The molecule has 0 unspecified atom stereocenters. The average molecular weight is 414 g/mol. The van der Waals surface area contributed by atoms with Crippen LogP contribution >= 0.6 is 0 Å². The van der Waals surface area contributed by atoms with Gasteiger partial charge in [-0.3, -0.25) is 9.69 Å². The van der Waals surface area contributed by atoms with E-state index in [1.807, 2.05) is 42.5 Å². The van der Waals surface area contributed by atoms with Gasteiger partial charge in [0.05, 0.1) is 6.54 Å². The highest BCUT2D eigenvalue weighted by Gasteiger charge is 2.21. The molecule has 1 aliphatic heterocycles. The highest BCUT2D eigenvalue weighted by atomic mass is 16.2. The lowest BCUT2D eigenvalue weighted by atomic mass is 9.90. The van der Waals surface area contributed by atoms with Crippen molar-refractivity contribution in [1.29, 1.82) is 0 Å². The summed E-state index contributed by atoms with van der Waals surface area (Å²) in [5, 5.41) is 6.44. The van der Waals surface area contributed by atoms with Gasteiger partial charge in [0.2, 0.25) is 5.91 Å². The predicted molar refractivity (Wildman–Crippen MR) is 128 cm³/mol. The zero-order valence-corrected chi connectivity index (χ0v) is 18.0. The maximum atomic E-state index is 12.5. The summed E-state index contributed by atoms with van der Waals surface area (Å²) in [6.07, 6.45) is 3.46. The Bertz CT molecular complexity index is 933. The van der Waals surface area contributed by atoms with Crippen molar-refractivity contribution in [1.82, 2.24) is 4.90 Å². The molecule has 31 heavy (non-hydrogen) atoms. The van der Waals surface area contributed by atoms with Crippen LogP contribution in [0.4, 0.5) is 11.4 Å². The van der Waals surface area contributed by atoms with Gasteiger partial charge >= 0.3 is 0 Å². The summed E-state index contributed by atoms with van der Waals surface area (Å²) >= 11 is 0. The van der Waals surface area contributed by atoms with E-state index in [9.17, 15) is 4.79 Å². The third kappa shape index (κ3) is 6.69. The Labute approximate surface area is 185 Å². The first kappa shape index (κ1) is 21.1. The molecule has 1 heterocycles. The molecule has 3 aromatic carbocycles. The molecule has 2 N–H and O–H groups in total. The minimum absolute atomic E-state index is 0.0616. The SMILES string of the molecule is O=C(CN1CCC(Cc2ccccc2)CC1)Nc1ccc(NCc2ccccc2)cc1. The molecule has 1 fully saturated rings. The zero-order valence-electron chi connectivity index (χ0n) is 18.0. The van der Waals surface area contributed by atoms with Crippen molar-refractivity contribution < 1.29 is 4.79 Å². The number of piperidine rings is 1. The Kier molecular flexibility index (Phi) is 7.35. The summed E-state index contributed by atoms with van der Waals surface area (Å²) in [4.78, 5) is 14.8. The molecule has 0 spiro atoms. The van der Waals surface area contributed by atoms with Crippen LogP contribution in [-0.4, -0.2) is 30.4 Å². The second kappa shape index (κ2) is 10.8. The van der Waals surface area contributed by atoms with Gasteiger partial charge in [-0.1, -0.05) is 60.7 Å². The summed E-state index contributed by atoms with van der Waals surface area (Å²) in [7, 11) is 0. The smallest absolute Gasteiger partial charge is 0.238 e. The molecular formula is C27H31N3O. The molecule has 0 radical (unpaired) electrons. The van der Waals surface area contributed by atoms with Gasteiger partial charge < -0.3 is 10.6 Å². The summed E-state index contributed by atoms with van der Waals surface area (Å²) in [6, 6.07) is 29.0. The van der Waals surface area contributed by atoms with Gasteiger partial charge in [0.25, 0.3) is 0 Å². The van der Waals surface area contributed by atoms with Gasteiger partial charge in [0.15, 0.2) is 0 Å². The minimum atomic E-state index is 0.0616. The van der Waals surface area contributed by atoms with Gasteiger partial charge in [0, 0.05) is 17.9 Å². The van der Waals surface area contributed by atoms with Crippen LogP contribution in [0.5, 0.6) is 0 Å². The average Bonchev–Trinajstić information content (AvgIpc) is 2.81. The maximum absolute atomic E-state index is 12.5. The molecular weight excluding hydrogens is 382 g/mol. The number of carbonyl (C=O) groups is 1. The number of nitrogens with zero attached hydrogens (tertiary/aromatic N) is 1. The molecule has 1 amide bonds. The monoisotopic (exact) mass is 413 g/mol. The van der Waals surface area contributed by atoms with E-state index in [-0.39, 0.29) is 5.91 Å².